The van der Waals surface area contributed by atoms with E-state index in [-0.39, 0.29) is 0 Å². The molecule has 1 aliphatic rings. The summed E-state index contributed by atoms with van der Waals surface area (Å²) >= 11 is 0. The van der Waals surface area contributed by atoms with Crippen molar-refractivity contribution in [1.82, 2.24) is 0 Å². The van der Waals surface area contributed by atoms with Crippen LogP contribution in [0.15, 0.2) is 23.7 Å². The van der Waals surface area contributed by atoms with Gasteiger partial charge >= 0.3 is 0 Å². The molecular weight excluding hydrogens is 152 g/mol. The van der Waals surface area contributed by atoms with Crippen molar-refractivity contribution in [2.24, 2.45) is 5.92 Å². The molecule has 0 aromatic heterocycles. The molecule has 0 bridgehead atoms. The zero-order valence-electron chi connectivity index (χ0n) is 7.96. The van der Waals surface area contributed by atoms with E-state index in [0.717, 1.165) is 24.4 Å². The fourth-order valence-corrected chi connectivity index (χ4v) is 1.33. The van der Waals surface area contributed by atoms with Gasteiger partial charge in [-0.1, -0.05) is 6.92 Å². The highest BCUT2D eigenvalue weighted by Gasteiger charge is 2.13. The van der Waals surface area contributed by atoms with Crippen molar-refractivity contribution < 1.29 is 9.47 Å². The summed E-state index contributed by atoms with van der Waals surface area (Å²) in [6.07, 6.45) is 6.20. The van der Waals surface area contributed by atoms with Gasteiger partial charge in [0.05, 0.1) is 32.2 Å². The van der Waals surface area contributed by atoms with Crippen molar-refractivity contribution in [3.63, 3.8) is 0 Å². The average molecular weight is 168 g/mol. The molecule has 2 nitrogen and oxygen atoms in total. The van der Waals surface area contributed by atoms with Crippen LogP contribution in [-0.2, 0) is 9.47 Å². The fourth-order valence-electron chi connectivity index (χ4n) is 1.33. The molecule has 0 heterocycles. The first-order valence-corrected chi connectivity index (χ1v) is 4.29. The zero-order chi connectivity index (χ0) is 8.97. The van der Waals surface area contributed by atoms with Crippen LogP contribution in [0.3, 0.4) is 0 Å². The van der Waals surface area contributed by atoms with Crippen molar-refractivity contribution >= 4 is 0 Å². The third-order valence-corrected chi connectivity index (χ3v) is 2.14. The van der Waals surface area contributed by atoms with Gasteiger partial charge in [0.15, 0.2) is 0 Å². The lowest BCUT2D eigenvalue weighted by Gasteiger charge is -2.18. The maximum absolute atomic E-state index is 5.20. The fraction of sp³-hybridized carbons (Fsp3) is 0.600. The van der Waals surface area contributed by atoms with E-state index in [1.54, 1.807) is 14.2 Å². The number of rotatable bonds is 3. The van der Waals surface area contributed by atoms with Crippen molar-refractivity contribution in [3.8, 4) is 0 Å². The minimum atomic E-state index is 0.476. The van der Waals surface area contributed by atoms with Crippen molar-refractivity contribution in [1.29, 1.82) is 0 Å². The summed E-state index contributed by atoms with van der Waals surface area (Å²) in [5.41, 5.74) is 0. The third kappa shape index (κ3) is 2.03. The predicted octanol–water partition coefficient (Wildman–Crippen LogP) is 2.48. The summed E-state index contributed by atoms with van der Waals surface area (Å²) in [6, 6.07) is 0. The second kappa shape index (κ2) is 4.19. The van der Waals surface area contributed by atoms with Crippen molar-refractivity contribution in [2.75, 3.05) is 14.2 Å². The lowest BCUT2D eigenvalue weighted by molar-refractivity contribution is 0.228. The number of ether oxygens (including phenoxy) is 2. The Morgan fingerprint density at radius 1 is 1.25 bits per heavy atom. The molecule has 0 aliphatic heterocycles. The molecular formula is C10H16O2. The Bertz CT molecular complexity index is 184. The van der Waals surface area contributed by atoms with Gasteiger partial charge < -0.3 is 9.47 Å². The van der Waals surface area contributed by atoms with Gasteiger partial charge in [-0.25, -0.2) is 0 Å². The topological polar surface area (TPSA) is 18.5 Å². The van der Waals surface area contributed by atoms with E-state index in [4.69, 9.17) is 9.47 Å². The van der Waals surface area contributed by atoms with Gasteiger partial charge in [0, 0.05) is 5.92 Å². The van der Waals surface area contributed by atoms with Crippen LogP contribution in [0.4, 0.5) is 0 Å². The van der Waals surface area contributed by atoms with Crippen molar-refractivity contribution in [3.05, 3.63) is 23.7 Å². The largest absolute Gasteiger partial charge is 0.501 e. The normalized spacial score (nSPS) is 18.2. The van der Waals surface area contributed by atoms with E-state index in [0.29, 0.717) is 5.92 Å². The molecule has 1 rings (SSSR count). The van der Waals surface area contributed by atoms with E-state index in [1.165, 1.54) is 0 Å². The third-order valence-electron chi connectivity index (χ3n) is 2.14. The van der Waals surface area contributed by atoms with E-state index in [2.05, 4.69) is 19.1 Å². The van der Waals surface area contributed by atoms with Crippen LogP contribution in [0.5, 0.6) is 0 Å². The highest BCUT2D eigenvalue weighted by atomic mass is 16.5. The van der Waals surface area contributed by atoms with Crippen LogP contribution in [0.2, 0.25) is 0 Å². The molecule has 0 amide bonds. The minimum absolute atomic E-state index is 0.476. The number of hydrogen-bond donors (Lipinski definition) is 0. The Balaban J connectivity index is 2.67. The molecule has 0 aromatic rings. The summed E-state index contributed by atoms with van der Waals surface area (Å²) in [6.45, 7) is 2.16. The average Bonchev–Trinajstić information content (AvgIpc) is 2.16. The van der Waals surface area contributed by atoms with Gasteiger partial charge in [-0.05, 0) is 18.6 Å². The standard InChI is InChI=1S/C10H16O2/c1-4-8-5-9(11-2)7-10(6-8)12-3/h5-6,8H,4,7H2,1-3H3. The van der Waals surface area contributed by atoms with Crippen LogP contribution in [-0.4, -0.2) is 14.2 Å². The molecule has 0 N–H and O–H groups in total. The zero-order valence-corrected chi connectivity index (χ0v) is 7.96. The van der Waals surface area contributed by atoms with Crippen LogP contribution in [0.25, 0.3) is 0 Å². The van der Waals surface area contributed by atoms with Crippen LogP contribution in [0.1, 0.15) is 19.8 Å². The Labute approximate surface area is 73.9 Å². The first-order valence-electron chi connectivity index (χ1n) is 4.29. The molecule has 0 spiro atoms. The van der Waals surface area contributed by atoms with E-state index in [1.807, 2.05) is 0 Å². The van der Waals surface area contributed by atoms with Crippen molar-refractivity contribution in [2.45, 2.75) is 19.8 Å². The summed E-state index contributed by atoms with van der Waals surface area (Å²) in [7, 11) is 3.41. The van der Waals surface area contributed by atoms with E-state index in [9.17, 15) is 0 Å². The highest BCUT2D eigenvalue weighted by Crippen LogP contribution is 2.24. The molecule has 0 saturated heterocycles. The van der Waals surface area contributed by atoms with Gasteiger partial charge in [-0.15, -0.1) is 0 Å². The molecule has 0 unspecified atom stereocenters. The molecule has 2 heteroatoms. The molecule has 0 aromatic carbocycles. The smallest absolute Gasteiger partial charge is 0.0996 e. The number of allylic oxidation sites excluding steroid dienone is 2. The van der Waals surface area contributed by atoms with Gasteiger partial charge in [0.2, 0.25) is 0 Å². The predicted molar refractivity (Wildman–Crippen MR) is 48.6 cm³/mol. The molecule has 0 atom stereocenters. The van der Waals surface area contributed by atoms with E-state index < -0.39 is 0 Å². The molecule has 0 radical (unpaired) electrons. The van der Waals surface area contributed by atoms with Gasteiger partial charge in [-0.3, -0.25) is 0 Å². The maximum atomic E-state index is 5.20. The van der Waals surface area contributed by atoms with Crippen LogP contribution < -0.4 is 0 Å². The Morgan fingerprint density at radius 3 is 2.08 bits per heavy atom. The molecule has 68 valence electrons. The summed E-state index contributed by atoms with van der Waals surface area (Å²) in [4.78, 5) is 0. The van der Waals surface area contributed by atoms with Gasteiger partial charge in [0.25, 0.3) is 0 Å². The molecule has 0 saturated carbocycles. The molecule has 12 heavy (non-hydrogen) atoms. The lowest BCUT2D eigenvalue weighted by atomic mass is 9.98. The highest BCUT2D eigenvalue weighted by molar-refractivity contribution is 5.18. The quantitative estimate of drug-likeness (QED) is 0.644. The van der Waals surface area contributed by atoms with Crippen LogP contribution >= 0.6 is 0 Å². The number of methoxy groups -OCH3 is 2. The van der Waals surface area contributed by atoms with Gasteiger partial charge in [-0.2, -0.15) is 0 Å². The second-order valence-electron chi connectivity index (χ2n) is 2.92. The minimum Gasteiger partial charge on any atom is -0.501 e. The Kier molecular flexibility index (Phi) is 3.20. The SMILES string of the molecule is CCC1C=C(OC)CC(OC)=C1. The summed E-state index contributed by atoms with van der Waals surface area (Å²) in [5.74, 6) is 2.51. The Hall–Kier alpha value is -0.920. The first kappa shape index (κ1) is 9.17. The first-order chi connectivity index (χ1) is 5.80. The summed E-state index contributed by atoms with van der Waals surface area (Å²) < 4.78 is 10.4. The Morgan fingerprint density at radius 2 is 1.75 bits per heavy atom. The lowest BCUT2D eigenvalue weighted by Crippen LogP contribution is -2.05. The monoisotopic (exact) mass is 168 g/mol. The number of hydrogen-bond acceptors (Lipinski definition) is 2. The van der Waals surface area contributed by atoms with Gasteiger partial charge in [0.1, 0.15) is 0 Å². The van der Waals surface area contributed by atoms with Crippen LogP contribution in [0, 0.1) is 5.92 Å². The maximum Gasteiger partial charge on any atom is 0.0996 e. The van der Waals surface area contributed by atoms with E-state index >= 15 is 0 Å². The summed E-state index contributed by atoms with van der Waals surface area (Å²) in [5, 5.41) is 0. The molecule has 1 aliphatic carbocycles. The second-order valence-corrected chi connectivity index (χ2v) is 2.92. The molecule has 0 fully saturated rings.